The molecule has 186 valence electrons. The van der Waals surface area contributed by atoms with Gasteiger partial charge in [0.1, 0.15) is 16.9 Å². The van der Waals surface area contributed by atoms with Crippen molar-refractivity contribution in [2.24, 2.45) is 0 Å². The van der Waals surface area contributed by atoms with E-state index in [0.29, 0.717) is 6.07 Å². The van der Waals surface area contributed by atoms with Crippen LogP contribution in [0.1, 0.15) is 127 Å². The quantitative estimate of drug-likeness (QED) is 0.239. The highest BCUT2D eigenvalue weighted by atomic mass is 16.3. The molecule has 5 aromatic rings. The molecule has 2 aliphatic carbocycles. The van der Waals surface area contributed by atoms with Crippen molar-refractivity contribution in [3.8, 4) is 22.4 Å². The van der Waals surface area contributed by atoms with E-state index in [1.54, 1.807) is 0 Å². The van der Waals surface area contributed by atoms with Gasteiger partial charge in [-0.25, -0.2) is 0 Å². The second-order valence-electron chi connectivity index (χ2n) is 7.72. The third-order valence-electron chi connectivity index (χ3n) is 5.58. The molecule has 0 aliphatic heterocycles. The standard InChI is InChI=1S/C33H33N3O/c1-3-10-22(11-4-1)31-32(23-12-5-2-6-13-23)34-36-35-33(31)26-15-9-14-24(20-26)25-18-19-30-28(21-25)27-16-7-8-17-29(27)37-30/h7-9,14-23H,1-6,10-13H2/i1D2,2D2,3D2,4D2,5D2,6D2,7D,8D,9D,10D,11D2,12D,13D2,14D,15D,16D,17D,18D,19D,22D,23D. The normalized spacial score (nSPS) is 50.6. The van der Waals surface area contributed by atoms with Crippen LogP contribution in [0.15, 0.2) is 70.9 Å². The predicted molar refractivity (Wildman–Crippen MR) is 150 cm³/mol. The molecule has 4 unspecified atom stereocenters. The van der Waals surface area contributed by atoms with Crippen molar-refractivity contribution in [3.05, 3.63) is 77.8 Å². The van der Waals surface area contributed by atoms with Gasteiger partial charge in [-0.15, -0.1) is 10.2 Å². The molecule has 0 bridgehead atoms. The molecule has 2 heterocycles. The number of hydrogen-bond donors (Lipinski definition) is 0. The van der Waals surface area contributed by atoms with Crippen molar-refractivity contribution in [1.82, 2.24) is 15.4 Å². The second kappa shape index (κ2) is 9.74. The molecular formula is C33H33N3O. The van der Waals surface area contributed by atoms with E-state index in [-0.39, 0.29) is 10.8 Å². The molecule has 4 atom stereocenters. The van der Waals surface area contributed by atoms with Crippen molar-refractivity contribution in [1.29, 1.82) is 0 Å². The molecule has 37 heavy (non-hydrogen) atoms. The summed E-state index contributed by atoms with van der Waals surface area (Å²) in [7, 11) is 0. The van der Waals surface area contributed by atoms with Crippen LogP contribution in [0.5, 0.6) is 0 Å². The molecule has 0 radical (unpaired) electrons. The van der Waals surface area contributed by atoms with Crippen LogP contribution in [-0.2, 0) is 0 Å². The van der Waals surface area contributed by atoms with Crippen LogP contribution in [-0.4, -0.2) is 15.4 Å². The molecule has 2 aromatic heterocycles. The maximum atomic E-state index is 9.81. The van der Waals surface area contributed by atoms with E-state index in [4.69, 9.17) is 41.4 Å². The van der Waals surface area contributed by atoms with Gasteiger partial charge in [0.25, 0.3) is 0 Å². The zero-order valence-corrected chi connectivity index (χ0v) is 18.6. The summed E-state index contributed by atoms with van der Waals surface area (Å²) in [5.74, 6) is -8.27. The van der Waals surface area contributed by atoms with Gasteiger partial charge in [-0.05, 0) is 72.0 Å². The summed E-state index contributed by atoms with van der Waals surface area (Å²) in [6.07, 6.45) is -39.4. The first-order valence-corrected chi connectivity index (χ1v) is 10.8. The molecule has 0 N–H and O–H groups in total. The van der Waals surface area contributed by atoms with Gasteiger partial charge in [-0.1, -0.05) is 80.5 Å². The Morgan fingerprint density at radius 2 is 1.46 bits per heavy atom. The highest BCUT2D eigenvalue weighted by Gasteiger charge is 2.29. The fourth-order valence-corrected chi connectivity index (χ4v) is 3.95. The summed E-state index contributed by atoms with van der Waals surface area (Å²) in [4.78, 5) is 0. The lowest BCUT2D eigenvalue weighted by atomic mass is 9.77. The summed E-state index contributed by atoms with van der Waals surface area (Å²) >= 11 is 0. The van der Waals surface area contributed by atoms with Crippen LogP contribution in [0.3, 0.4) is 0 Å². The highest BCUT2D eigenvalue weighted by molar-refractivity contribution is 6.06. The molecule has 2 fully saturated rings. The Labute approximate surface area is 258 Å². The Hall–Kier alpha value is -3.53. The Morgan fingerprint density at radius 3 is 2.38 bits per heavy atom. The van der Waals surface area contributed by atoms with Gasteiger partial charge in [-0.3, -0.25) is 0 Å². The van der Waals surface area contributed by atoms with Gasteiger partial charge in [-0.2, -0.15) is 0 Å². The number of para-hydroxylation sites is 1. The smallest absolute Gasteiger partial charge is 0.135 e. The van der Waals surface area contributed by atoms with E-state index in [1.165, 1.54) is 0 Å². The minimum absolute atomic E-state index is 0.223. The average Bonchev–Trinajstić information content (AvgIpc) is 3.62. The van der Waals surface area contributed by atoms with Crippen LogP contribution >= 0.6 is 0 Å². The SMILES string of the molecule is [2H]c1c(-c2cc3c(oc4c([2H])c([2H])c([2H])c([2H])c43)c([2H])c2[2H])cc(-c2nnnc(C3([2H])C([2H])C([2H])([2H])C([2H])([2H])C([2H])([2H])C3([2H])[2H])c2C2([2H])C([2H])C([2H])([2H])C([2H])([2H])C([2H])([2H])C2([2H])[2H])c([2H])c1[2H]. The summed E-state index contributed by atoms with van der Waals surface area (Å²) in [6.45, 7) is 0. The first kappa shape index (κ1) is 7.53. The molecular weight excluding hydrogens is 454 g/mol. The van der Waals surface area contributed by atoms with E-state index in [2.05, 4.69) is 15.4 Å². The number of fused-ring (bicyclic) bond motifs is 3. The third kappa shape index (κ3) is 4.22. The van der Waals surface area contributed by atoms with Crippen LogP contribution in [0.2, 0.25) is 0 Å². The Kier molecular flexibility index (Phi) is 1.98. The summed E-state index contributed by atoms with van der Waals surface area (Å²) < 4.78 is 259. The maximum Gasteiger partial charge on any atom is 0.135 e. The van der Waals surface area contributed by atoms with Gasteiger partial charge in [0.05, 0.1) is 18.0 Å². The van der Waals surface area contributed by atoms with Crippen LogP contribution in [0.25, 0.3) is 44.3 Å². The molecule has 2 saturated carbocycles. The third-order valence-corrected chi connectivity index (χ3v) is 5.58. The van der Waals surface area contributed by atoms with Gasteiger partial charge in [0.2, 0.25) is 0 Å². The van der Waals surface area contributed by atoms with Crippen molar-refractivity contribution < 1.29 is 44.2 Å². The molecule has 7 rings (SSSR count). The number of hydrogen-bond acceptors (Lipinski definition) is 4. The lowest BCUT2D eigenvalue weighted by Gasteiger charge is -2.29. The first-order chi connectivity index (χ1) is 29.7. The Bertz CT molecular complexity index is 2930. The summed E-state index contributed by atoms with van der Waals surface area (Å²) in [5, 5.41) is 10.2. The molecule has 0 saturated heterocycles. The number of nitrogens with zero attached hydrogens (tertiary/aromatic N) is 3. The van der Waals surface area contributed by atoms with Crippen LogP contribution in [0.4, 0.5) is 0 Å². The molecule has 0 amide bonds. The Morgan fingerprint density at radius 1 is 0.703 bits per heavy atom. The zero-order chi connectivity index (χ0) is 50.4. The van der Waals surface area contributed by atoms with Gasteiger partial charge < -0.3 is 4.42 Å². The number of furan rings is 1. The fraction of sp³-hybridized carbons (Fsp3) is 0.364. The van der Waals surface area contributed by atoms with Crippen molar-refractivity contribution >= 4 is 21.9 Å². The minimum atomic E-state index is -4.30. The number of benzene rings is 3. The number of rotatable bonds is 4. The highest BCUT2D eigenvalue weighted by Crippen LogP contribution is 2.43. The Balaban J connectivity index is 1.68. The van der Waals surface area contributed by atoms with Crippen molar-refractivity contribution in [2.45, 2.75) is 75.6 Å². The van der Waals surface area contributed by atoms with E-state index in [0.717, 1.165) is 6.07 Å². The zero-order valence-electron chi connectivity index (χ0n) is 47.6. The van der Waals surface area contributed by atoms with E-state index in [1.807, 2.05) is 0 Å². The van der Waals surface area contributed by atoms with Gasteiger partial charge in [0.15, 0.2) is 0 Å². The van der Waals surface area contributed by atoms with E-state index >= 15 is 0 Å². The minimum Gasteiger partial charge on any atom is -0.456 e. The molecule has 2 aliphatic rings. The van der Waals surface area contributed by atoms with Crippen LogP contribution in [0, 0.1) is 0 Å². The van der Waals surface area contributed by atoms with Gasteiger partial charge in [0, 0.05) is 55.2 Å². The van der Waals surface area contributed by atoms with Gasteiger partial charge >= 0.3 is 0 Å². The first-order valence-electron chi connectivity index (χ1n) is 25.5. The lowest BCUT2D eigenvalue weighted by Crippen LogP contribution is -2.17. The monoisotopic (exact) mass is 516 g/mol. The van der Waals surface area contributed by atoms with E-state index < -0.39 is 175 Å². The molecule has 0 spiro atoms. The van der Waals surface area contributed by atoms with Crippen molar-refractivity contribution in [3.63, 3.8) is 0 Å². The number of aromatic nitrogens is 3. The fourth-order valence-electron chi connectivity index (χ4n) is 3.95. The molecule has 4 heteroatoms. The lowest BCUT2D eigenvalue weighted by molar-refractivity contribution is 0.408. The van der Waals surface area contributed by atoms with Crippen LogP contribution < -0.4 is 0 Å². The van der Waals surface area contributed by atoms with Crippen molar-refractivity contribution in [2.75, 3.05) is 0 Å². The second-order valence-corrected chi connectivity index (χ2v) is 7.72. The summed E-state index contributed by atoms with van der Waals surface area (Å²) in [5.41, 5.74) is -7.69. The molecule has 3 aromatic carbocycles. The van der Waals surface area contributed by atoms with E-state index in [9.17, 15) is 2.74 Å². The molecule has 4 nitrogen and oxygen atoms in total. The largest absolute Gasteiger partial charge is 0.456 e. The predicted octanol–water partition coefficient (Wildman–Crippen LogP) is 9.20. The maximum absolute atomic E-state index is 9.81. The average molecular weight is 517 g/mol. The topological polar surface area (TPSA) is 51.8 Å². The summed E-state index contributed by atoms with van der Waals surface area (Å²) in [6, 6.07) is -5.78.